The Bertz CT molecular complexity index is 1540. The minimum Gasteiger partial charge on any atom is -0.494 e. The number of thiocarbonyl (C=S) groups is 1. The minimum atomic E-state index is -3.48. The van der Waals surface area contributed by atoms with Crippen molar-refractivity contribution in [1.29, 1.82) is 0 Å². The lowest BCUT2D eigenvalue weighted by molar-refractivity contribution is 0.417. The van der Waals surface area contributed by atoms with E-state index in [0.717, 1.165) is 34.7 Å². The maximum Gasteiger partial charge on any atom is 0.229 e. The van der Waals surface area contributed by atoms with E-state index >= 15 is 0 Å². The quantitative estimate of drug-likeness (QED) is 0.332. The molecule has 10 heteroatoms. The molecule has 4 aromatic rings. The number of aryl methyl sites for hydroxylation is 1. The molecule has 3 heterocycles. The number of sulfonamides is 1. The molecule has 0 spiro atoms. The summed E-state index contributed by atoms with van der Waals surface area (Å²) >= 11 is 5.87. The van der Waals surface area contributed by atoms with E-state index in [2.05, 4.69) is 50.8 Å². The standard InChI is InChI=1S/C27H27N5O3S2/c1-18-12-15-23(31(18)19-9-5-4-6-10-19)26-25(22-11-7-8-16-28-22)29-27(36)32(26)20-13-14-21(24(17-20)35-2)30-37(3,33)34/h4-17,25-26,30H,1-3H3,(H,29,36)/t25-,26+/m1/s1. The van der Waals surface area contributed by atoms with Gasteiger partial charge < -0.3 is 19.5 Å². The lowest BCUT2D eigenvalue weighted by Gasteiger charge is -2.30. The predicted molar refractivity (Wildman–Crippen MR) is 150 cm³/mol. The van der Waals surface area contributed by atoms with Gasteiger partial charge >= 0.3 is 0 Å². The predicted octanol–water partition coefficient (Wildman–Crippen LogP) is 4.74. The van der Waals surface area contributed by atoms with E-state index in [-0.39, 0.29) is 12.1 Å². The van der Waals surface area contributed by atoms with Crippen LogP contribution in [0.5, 0.6) is 5.75 Å². The maximum atomic E-state index is 11.9. The van der Waals surface area contributed by atoms with E-state index in [4.69, 9.17) is 17.0 Å². The third kappa shape index (κ3) is 4.90. The zero-order chi connectivity index (χ0) is 26.2. The van der Waals surface area contributed by atoms with Crippen molar-refractivity contribution in [3.8, 4) is 11.4 Å². The number of anilines is 2. The zero-order valence-electron chi connectivity index (χ0n) is 20.6. The van der Waals surface area contributed by atoms with Gasteiger partial charge in [0.05, 0.1) is 30.8 Å². The molecule has 0 amide bonds. The molecule has 2 aromatic carbocycles. The van der Waals surface area contributed by atoms with E-state index in [1.54, 1.807) is 18.3 Å². The van der Waals surface area contributed by atoms with Crippen LogP contribution >= 0.6 is 12.2 Å². The van der Waals surface area contributed by atoms with Gasteiger partial charge in [-0.25, -0.2) is 8.42 Å². The molecule has 5 rings (SSSR count). The number of rotatable bonds is 7. The number of ether oxygens (including phenoxy) is 1. The van der Waals surface area contributed by atoms with Crippen LogP contribution < -0.4 is 19.7 Å². The molecule has 0 aliphatic carbocycles. The Morgan fingerprint density at radius 3 is 2.43 bits per heavy atom. The number of aromatic nitrogens is 2. The molecule has 0 unspecified atom stereocenters. The van der Waals surface area contributed by atoms with Crippen LogP contribution in [-0.4, -0.2) is 36.4 Å². The lowest BCUT2D eigenvalue weighted by atomic mass is 10.0. The average Bonchev–Trinajstić information content (AvgIpc) is 3.43. The molecule has 1 aliphatic rings. The first-order valence-electron chi connectivity index (χ1n) is 11.7. The summed E-state index contributed by atoms with van der Waals surface area (Å²) < 4.78 is 34.0. The highest BCUT2D eigenvalue weighted by molar-refractivity contribution is 7.92. The number of hydrogen-bond donors (Lipinski definition) is 2. The molecular weight excluding hydrogens is 506 g/mol. The first kappa shape index (κ1) is 24.8. The van der Waals surface area contributed by atoms with Crippen molar-refractivity contribution in [3.05, 3.63) is 102 Å². The summed E-state index contributed by atoms with van der Waals surface area (Å²) in [5.74, 6) is 0.389. The summed E-state index contributed by atoms with van der Waals surface area (Å²) in [5.41, 5.74) is 5.14. The third-order valence-electron chi connectivity index (χ3n) is 6.28. The molecule has 0 bridgehead atoms. The van der Waals surface area contributed by atoms with E-state index in [0.29, 0.717) is 16.5 Å². The van der Waals surface area contributed by atoms with Crippen molar-refractivity contribution < 1.29 is 13.2 Å². The Balaban J connectivity index is 1.67. The molecule has 190 valence electrons. The number of nitrogens with zero attached hydrogens (tertiary/aromatic N) is 3. The van der Waals surface area contributed by atoms with Crippen LogP contribution in [0, 0.1) is 6.92 Å². The third-order valence-corrected chi connectivity index (χ3v) is 7.19. The van der Waals surface area contributed by atoms with Gasteiger partial charge in [-0.05, 0) is 67.7 Å². The van der Waals surface area contributed by atoms with Crippen molar-refractivity contribution in [2.24, 2.45) is 0 Å². The van der Waals surface area contributed by atoms with E-state index < -0.39 is 10.0 Å². The molecule has 0 radical (unpaired) electrons. The Morgan fingerprint density at radius 1 is 1.00 bits per heavy atom. The number of pyridine rings is 1. The van der Waals surface area contributed by atoms with Crippen LogP contribution in [0.25, 0.3) is 5.69 Å². The molecule has 37 heavy (non-hydrogen) atoms. The van der Waals surface area contributed by atoms with Crippen molar-refractivity contribution in [3.63, 3.8) is 0 Å². The summed E-state index contributed by atoms with van der Waals surface area (Å²) in [6.45, 7) is 2.08. The maximum absolute atomic E-state index is 11.9. The number of nitrogens with one attached hydrogen (secondary N) is 2. The Hall–Kier alpha value is -3.89. The molecule has 1 saturated heterocycles. The van der Waals surface area contributed by atoms with Gasteiger partial charge in [0.15, 0.2) is 5.11 Å². The van der Waals surface area contributed by atoms with Crippen molar-refractivity contribution in [2.45, 2.75) is 19.0 Å². The van der Waals surface area contributed by atoms with Crippen LogP contribution in [0.4, 0.5) is 11.4 Å². The largest absolute Gasteiger partial charge is 0.494 e. The van der Waals surface area contributed by atoms with Crippen molar-refractivity contribution in [1.82, 2.24) is 14.9 Å². The van der Waals surface area contributed by atoms with E-state index in [9.17, 15) is 8.42 Å². The molecule has 8 nitrogen and oxygen atoms in total. The van der Waals surface area contributed by atoms with Gasteiger partial charge in [0, 0.05) is 35.0 Å². The Labute approximate surface area is 222 Å². The van der Waals surface area contributed by atoms with Crippen molar-refractivity contribution in [2.75, 3.05) is 23.0 Å². The second-order valence-corrected chi connectivity index (χ2v) is 11.0. The second kappa shape index (κ2) is 9.87. The molecular formula is C27H27N5O3S2. The Morgan fingerprint density at radius 2 is 1.76 bits per heavy atom. The highest BCUT2D eigenvalue weighted by Gasteiger charge is 2.42. The fraction of sp³-hybridized carbons (Fsp3) is 0.185. The second-order valence-electron chi connectivity index (χ2n) is 8.83. The minimum absolute atomic E-state index is 0.231. The van der Waals surface area contributed by atoms with Crippen LogP contribution in [0.1, 0.15) is 29.2 Å². The van der Waals surface area contributed by atoms with Gasteiger partial charge in [0.2, 0.25) is 10.0 Å². The van der Waals surface area contributed by atoms with Gasteiger partial charge in [0.25, 0.3) is 0 Å². The molecule has 2 N–H and O–H groups in total. The Kier molecular flexibility index (Phi) is 6.61. The molecule has 0 saturated carbocycles. The highest BCUT2D eigenvalue weighted by atomic mass is 32.2. The average molecular weight is 534 g/mol. The lowest BCUT2D eigenvalue weighted by Crippen LogP contribution is -2.30. The number of hydrogen-bond acceptors (Lipinski definition) is 5. The molecule has 2 aromatic heterocycles. The smallest absolute Gasteiger partial charge is 0.229 e. The van der Waals surface area contributed by atoms with Crippen LogP contribution in [0.3, 0.4) is 0 Å². The van der Waals surface area contributed by atoms with Gasteiger partial charge in [-0.2, -0.15) is 0 Å². The first-order chi connectivity index (χ1) is 17.8. The fourth-order valence-electron chi connectivity index (χ4n) is 4.77. The van der Waals surface area contributed by atoms with Gasteiger partial charge in [-0.1, -0.05) is 24.3 Å². The van der Waals surface area contributed by atoms with E-state index in [1.165, 1.54) is 7.11 Å². The number of para-hydroxylation sites is 1. The zero-order valence-corrected chi connectivity index (χ0v) is 22.3. The molecule has 2 atom stereocenters. The summed E-state index contributed by atoms with van der Waals surface area (Å²) in [7, 11) is -1.97. The van der Waals surface area contributed by atoms with Gasteiger partial charge in [0.1, 0.15) is 11.8 Å². The van der Waals surface area contributed by atoms with Crippen molar-refractivity contribution >= 4 is 38.7 Å². The summed E-state index contributed by atoms with van der Waals surface area (Å²) in [6.07, 6.45) is 2.88. The SMILES string of the molecule is COc1cc(N2C(=S)N[C@H](c3ccccn3)[C@@H]2c2ccc(C)n2-c2ccccc2)ccc1NS(C)(=O)=O. The topological polar surface area (TPSA) is 88.5 Å². The van der Waals surface area contributed by atoms with Crippen LogP contribution in [0.2, 0.25) is 0 Å². The fourth-order valence-corrected chi connectivity index (χ4v) is 5.68. The molecule has 1 fully saturated rings. The highest BCUT2D eigenvalue weighted by Crippen LogP contribution is 2.44. The number of methoxy groups -OCH3 is 1. The summed E-state index contributed by atoms with van der Waals surface area (Å²) in [4.78, 5) is 6.67. The molecule has 1 aliphatic heterocycles. The summed E-state index contributed by atoms with van der Waals surface area (Å²) in [5, 5.41) is 4.01. The van der Waals surface area contributed by atoms with Crippen LogP contribution in [-0.2, 0) is 10.0 Å². The van der Waals surface area contributed by atoms with Gasteiger partial charge in [-0.15, -0.1) is 0 Å². The summed E-state index contributed by atoms with van der Waals surface area (Å²) in [6, 6.07) is 25.0. The normalized spacial score (nSPS) is 17.5. The van der Waals surface area contributed by atoms with E-state index in [1.807, 2.05) is 47.4 Å². The first-order valence-corrected chi connectivity index (χ1v) is 14.0. The van der Waals surface area contributed by atoms with Gasteiger partial charge in [-0.3, -0.25) is 9.71 Å². The monoisotopic (exact) mass is 533 g/mol. The van der Waals surface area contributed by atoms with Crippen LogP contribution in [0.15, 0.2) is 85.1 Å². The number of benzene rings is 2.